The minimum Gasteiger partial charge on any atom is -0.457 e. The first-order valence-electron chi connectivity index (χ1n) is 9.14. The van der Waals surface area contributed by atoms with Crippen LogP contribution in [0.25, 0.3) is 0 Å². The summed E-state index contributed by atoms with van der Waals surface area (Å²) in [5.74, 6) is 0.356. The van der Waals surface area contributed by atoms with Crippen LogP contribution in [0.3, 0.4) is 0 Å². The summed E-state index contributed by atoms with van der Waals surface area (Å²) in [6.45, 7) is 3.81. The Labute approximate surface area is 169 Å². The maximum absolute atomic E-state index is 12.8. The number of aromatic nitrogens is 1. The Morgan fingerprint density at radius 3 is 2.03 bits per heavy atom. The molecule has 0 bridgehead atoms. The number of aryl methyl sites for hydroxylation is 2. The van der Waals surface area contributed by atoms with Gasteiger partial charge in [0, 0.05) is 11.1 Å². The highest BCUT2D eigenvalue weighted by Crippen LogP contribution is 2.43. The lowest BCUT2D eigenvalue weighted by atomic mass is 9.92. The van der Waals surface area contributed by atoms with Crippen molar-refractivity contribution in [3.63, 3.8) is 0 Å². The first-order chi connectivity index (χ1) is 14.1. The lowest BCUT2D eigenvalue weighted by Crippen LogP contribution is -2.35. The SMILES string of the molecule is Cc1ccc2c(c1)Oc1cc(C)ccc1C2NC(=O)c1ccc(C(F)(F)F)[nH]c1=O. The van der Waals surface area contributed by atoms with Gasteiger partial charge >= 0.3 is 6.18 Å². The van der Waals surface area contributed by atoms with Crippen LogP contribution in [0.4, 0.5) is 13.2 Å². The second-order valence-electron chi connectivity index (χ2n) is 7.20. The number of fused-ring (bicyclic) bond motifs is 2. The number of carbonyl (C=O) groups excluding carboxylic acids is 1. The van der Waals surface area contributed by atoms with Gasteiger partial charge in [0.15, 0.2) is 0 Å². The van der Waals surface area contributed by atoms with Gasteiger partial charge in [-0.1, -0.05) is 24.3 Å². The molecule has 0 saturated heterocycles. The number of carbonyl (C=O) groups is 1. The van der Waals surface area contributed by atoms with Crippen molar-refractivity contribution in [1.29, 1.82) is 0 Å². The van der Waals surface area contributed by atoms with Crippen molar-refractivity contribution in [2.75, 3.05) is 0 Å². The maximum atomic E-state index is 12.8. The molecule has 5 nitrogen and oxygen atoms in total. The zero-order chi connectivity index (χ0) is 21.6. The molecule has 0 atom stereocenters. The van der Waals surface area contributed by atoms with Crippen LogP contribution in [-0.4, -0.2) is 10.9 Å². The van der Waals surface area contributed by atoms with Gasteiger partial charge < -0.3 is 15.0 Å². The second-order valence-corrected chi connectivity index (χ2v) is 7.20. The zero-order valence-electron chi connectivity index (χ0n) is 16.1. The Hall–Kier alpha value is -3.55. The Balaban J connectivity index is 1.73. The third kappa shape index (κ3) is 3.56. The normalized spacial score (nSPS) is 13.2. The van der Waals surface area contributed by atoms with Crippen LogP contribution in [0, 0.1) is 13.8 Å². The van der Waals surface area contributed by atoms with Gasteiger partial charge in [0.2, 0.25) is 0 Å². The van der Waals surface area contributed by atoms with Gasteiger partial charge in [-0.05, 0) is 49.2 Å². The largest absolute Gasteiger partial charge is 0.457 e. The molecule has 2 heterocycles. The Bertz CT molecular complexity index is 1160. The second kappa shape index (κ2) is 7.05. The van der Waals surface area contributed by atoms with Crippen LogP contribution >= 0.6 is 0 Å². The Kier molecular flexibility index (Phi) is 4.64. The van der Waals surface area contributed by atoms with Crippen molar-refractivity contribution in [3.8, 4) is 11.5 Å². The van der Waals surface area contributed by atoms with Crippen LogP contribution in [0.1, 0.15) is 44.3 Å². The highest BCUT2D eigenvalue weighted by atomic mass is 19.4. The number of hydrogen-bond acceptors (Lipinski definition) is 3. The number of ether oxygens (including phenoxy) is 1. The molecule has 0 fully saturated rings. The fourth-order valence-corrected chi connectivity index (χ4v) is 3.41. The van der Waals surface area contributed by atoms with Gasteiger partial charge in [-0.15, -0.1) is 0 Å². The Morgan fingerprint density at radius 1 is 0.967 bits per heavy atom. The van der Waals surface area contributed by atoms with E-state index in [2.05, 4.69) is 5.32 Å². The van der Waals surface area contributed by atoms with E-state index in [0.29, 0.717) is 28.7 Å². The number of pyridine rings is 1. The predicted octanol–water partition coefficient (Wildman–Crippen LogP) is 4.64. The summed E-state index contributed by atoms with van der Waals surface area (Å²) in [6, 6.07) is 12.0. The highest BCUT2D eigenvalue weighted by molar-refractivity contribution is 5.94. The van der Waals surface area contributed by atoms with Gasteiger partial charge in [-0.3, -0.25) is 9.59 Å². The fourth-order valence-electron chi connectivity index (χ4n) is 3.41. The lowest BCUT2D eigenvalue weighted by Gasteiger charge is -2.29. The molecule has 0 radical (unpaired) electrons. The molecule has 1 amide bonds. The van der Waals surface area contributed by atoms with E-state index in [1.165, 1.54) is 0 Å². The van der Waals surface area contributed by atoms with Crippen molar-refractivity contribution in [2.24, 2.45) is 0 Å². The first-order valence-corrected chi connectivity index (χ1v) is 9.14. The number of hydrogen-bond donors (Lipinski definition) is 2. The van der Waals surface area contributed by atoms with Gasteiger partial charge in [0.1, 0.15) is 22.8 Å². The molecule has 1 aliphatic rings. The van der Waals surface area contributed by atoms with Crippen LogP contribution < -0.4 is 15.6 Å². The third-order valence-electron chi connectivity index (χ3n) is 4.92. The number of nitrogens with one attached hydrogen (secondary N) is 2. The van der Waals surface area contributed by atoms with E-state index in [4.69, 9.17) is 4.74 Å². The van der Waals surface area contributed by atoms with Crippen molar-refractivity contribution >= 4 is 5.91 Å². The lowest BCUT2D eigenvalue weighted by molar-refractivity contribution is -0.141. The van der Waals surface area contributed by atoms with E-state index in [9.17, 15) is 22.8 Å². The van der Waals surface area contributed by atoms with Crippen LogP contribution in [0.2, 0.25) is 0 Å². The quantitative estimate of drug-likeness (QED) is 0.642. The van der Waals surface area contributed by atoms with Crippen molar-refractivity contribution in [2.45, 2.75) is 26.1 Å². The summed E-state index contributed by atoms with van der Waals surface area (Å²) in [6.07, 6.45) is -4.71. The molecule has 30 heavy (non-hydrogen) atoms. The predicted molar refractivity (Wildman–Crippen MR) is 104 cm³/mol. The minimum atomic E-state index is -4.71. The third-order valence-corrected chi connectivity index (χ3v) is 4.92. The smallest absolute Gasteiger partial charge is 0.431 e. The summed E-state index contributed by atoms with van der Waals surface area (Å²) in [7, 11) is 0. The van der Waals surface area contributed by atoms with Crippen LogP contribution in [-0.2, 0) is 6.18 Å². The molecule has 1 aromatic heterocycles. The number of H-pyrrole nitrogens is 1. The number of alkyl halides is 3. The van der Waals surface area contributed by atoms with Gasteiger partial charge in [0.25, 0.3) is 11.5 Å². The number of amides is 1. The van der Waals surface area contributed by atoms with Crippen molar-refractivity contribution < 1.29 is 22.7 Å². The van der Waals surface area contributed by atoms with E-state index in [1.54, 1.807) is 4.98 Å². The minimum absolute atomic E-state index is 0.406. The molecule has 4 rings (SSSR count). The molecular weight excluding hydrogens is 397 g/mol. The maximum Gasteiger partial charge on any atom is 0.431 e. The molecule has 0 spiro atoms. The van der Waals surface area contributed by atoms with Gasteiger partial charge in [0.05, 0.1) is 6.04 Å². The molecule has 0 saturated carbocycles. The average Bonchev–Trinajstić information content (AvgIpc) is 2.66. The molecule has 154 valence electrons. The first kappa shape index (κ1) is 19.8. The summed E-state index contributed by atoms with van der Waals surface area (Å²) in [5.41, 5.74) is 0.585. The number of halogens is 3. The molecule has 1 aliphatic heterocycles. The molecule has 8 heteroatoms. The monoisotopic (exact) mass is 414 g/mol. The topological polar surface area (TPSA) is 71.2 Å². The highest BCUT2D eigenvalue weighted by Gasteiger charge is 2.33. The number of benzene rings is 2. The molecule has 0 aliphatic carbocycles. The molecule has 3 aromatic rings. The van der Waals surface area contributed by atoms with Gasteiger partial charge in [-0.25, -0.2) is 0 Å². The van der Waals surface area contributed by atoms with Crippen LogP contribution in [0.15, 0.2) is 53.3 Å². The molecular formula is C22H17F3N2O3. The summed E-state index contributed by atoms with van der Waals surface area (Å²) in [5, 5.41) is 2.77. The number of rotatable bonds is 2. The van der Waals surface area contributed by atoms with Crippen molar-refractivity contribution in [3.05, 3.63) is 92.4 Å². The van der Waals surface area contributed by atoms with Crippen LogP contribution in [0.5, 0.6) is 11.5 Å². The molecule has 0 unspecified atom stereocenters. The van der Waals surface area contributed by atoms with E-state index in [-0.39, 0.29) is 0 Å². The summed E-state index contributed by atoms with van der Waals surface area (Å²) < 4.78 is 44.3. The van der Waals surface area contributed by atoms with E-state index in [0.717, 1.165) is 17.2 Å². The summed E-state index contributed by atoms with van der Waals surface area (Å²) in [4.78, 5) is 26.6. The molecule has 2 N–H and O–H groups in total. The van der Waals surface area contributed by atoms with E-state index < -0.39 is 34.9 Å². The Morgan fingerprint density at radius 2 is 1.53 bits per heavy atom. The average molecular weight is 414 g/mol. The van der Waals surface area contributed by atoms with E-state index in [1.807, 2.05) is 50.2 Å². The van der Waals surface area contributed by atoms with Crippen molar-refractivity contribution in [1.82, 2.24) is 10.3 Å². The number of aromatic amines is 1. The fraction of sp³-hybridized carbons (Fsp3) is 0.182. The standard InChI is InChI=1S/C22H17F3N2O3/c1-11-3-5-13-16(9-11)30-17-10-12(2)4-6-14(17)19(13)27-21(29)15-7-8-18(22(23,24)25)26-20(15)28/h3-10,19H,1-2H3,(H,26,28)(H,27,29). The molecule has 2 aromatic carbocycles. The zero-order valence-corrected chi connectivity index (χ0v) is 16.1. The van der Waals surface area contributed by atoms with Gasteiger partial charge in [-0.2, -0.15) is 13.2 Å². The van der Waals surface area contributed by atoms with E-state index >= 15 is 0 Å². The summed E-state index contributed by atoms with van der Waals surface area (Å²) >= 11 is 0.